The molecule has 0 aromatic carbocycles. The molecule has 2 aliphatic carbocycles. The molecular weight excluding hydrogens is 218 g/mol. The fourth-order valence-corrected chi connectivity index (χ4v) is 4.22. The van der Waals surface area contributed by atoms with Gasteiger partial charge in [-0.2, -0.15) is 10.5 Å². The highest BCUT2D eigenvalue weighted by Crippen LogP contribution is 2.86. The number of nitrogens with zero attached hydrogens (tertiary/aromatic N) is 3. The number of likely N-dealkylation sites (tertiary alicyclic amines) is 1. The maximum absolute atomic E-state index is 12.2. The fourth-order valence-electron chi connectivity index (χ4n) is 4.22. The van der Waals surface area contributed by atoms with E-state index in [4.69, 9.17) is 0 Å². The zero-order valence-corrected chi connectivity index (χ0v) is 9.49. The van der Waals surface area contributed by atoms with Crippen molar-refractivity contribution in [3.8, 4) is 12.1 Å². The average Bonchev–Trinajstić information content (AvgIpc) is 2.63. The Morgan fingerprint density at radius 1 is 1.06 bits per heavy atom. The monoisotopic (exact) mass is 229 g/mol. The lowest BCUT2D eigenvalue weighted by Gasteiger charge is -2.21. The number of piperidine rings is 1. The third-order valence-electron chi connectivity index (χ3n) is 4.98. The first-order valence-electron chi connectivity index (χ1n) is 5.71. The first-order chi connectivity index (χ1) is 8.05. The second kappa shape index (κ2) is 2.51. The summed E-state index contributed by atoms with van der Waals surface area (Å²) in [6.07, 6.45) is 3.05. The molecular formula is C12H11N3O2. The molecule has 5 nitrogen and oxygen atoms in total. The fraction of sp³-hybridized carbons (Fsp3) is 0.667. The van der Waals surface area contributed by atoms with Gasteiger partial charge in [0, 0.05) is 12.5 Å². The van der Waals surface area contributed by atoms with Crippen LogP contribution in [-0.2, 0) is 9.59 Å². The summed E-state index contributed by atoms with van der Waals surface area (Å²) in [5, 5.41) is 18.8. The predicted octanol–water partition coefficient (Wildman–Crippen LogP) is 0.579. The van der Waals surface area contributed by atoms with Crippen molar-refractivity contribution < 1.29 is 9.59 Å². The van der Waals surface area contributed by atoms with Gasteiger partial charge in [0.05, 0.1) is 12.1 Å². The first kappa shape index (κ1) is 10.3. The van der Waals surface area contributed by atoms with E-state index in [1.807, 2.05) is 12.1 Å². The number of hydrogen-bond acceptors (Lipinski definition) is 4. The van der Waals surface area contributed by atoms with Crippen LogP contribution in [0.5, 0.6) is 0 Å². The molecule has 1 aliphatic heterocycles. The Labute approximate surface area is 98.6 Å². The Morgan fingerprint density at radius 2 is 1.47 bits per heavy atom. The number of rotatable bonds is 0. The molecule has 1 saturated heterocycles. The summed E-state index contributed by atoms with van der Waals surface area (Å²) in [6, 6.07) is 4.03. The molecule has 3 aliphatic rings. The Balaban J connectivity index is 2.28. The van der Waals surface area contributed by atoms with Gasteiger partial charge in [-0.05, 0) is 12.8 Å². The summed E-state index contributed by atoms with van der Waals surface area (Å²) >= 11 is 0. The zero-order chi connectivity index (χ0) is 12.5. The number of imide groups is 1. The summed E-state index contributed by atoms with van der Waals surface area (Å²) in [7, 11) is 1.36. The first-order valence-corrected chi connectivity index (χ1v) is 5.71. The van der Waals surface area contributed by atoms with E-state index in [9.17, 15) is 20.1 Å². The number of hydrogen-bond donors (Lipinski definition) is 0. The van der Waals surface area contributed by atoms with E-state index in [1.54, 1.807) is 0 Å². The quantitative estimate of drug-likeness (QED) is 0.568. The molecule has 0 unspecified atom stereocenters. The highest BCUT2D eigenvalue weighted by atomic mass is 16.2. The lowest BCUT2D eigenvalue weighted by molar-refractivity contribution is -0.143. The van der Waals surface area contributed by atoms with Crippen molar-refractivity contribution in [3.63, 3.8) is 0 Å². The molecule has 2 saturated carbocycles. The standard InChI is InChI=1S/C12H11N3O2/c1-15-8(16)11(6-13)10(4-2-3-5-10)12(11,7-14)9(15)17/h2-5H2,1H3/t11-,12-/m1/s1. The summed E-state index contributed by atoms with van der Waals surface area (Å²) in [6.45, 7) is 0. The van der Waals surface area contributed by atoms with Gasteiger partial charge in [-0.3, -0.25) is 14.5 Å². The minimum absolute atomic E-state index is 0.478. The van der Waals surface area contributed by atoms with Gasteiger partial charge in [0.2, 0.25) is 0 Å². The molecule has 0 radical (unpaired) electrons. The molecule has 0 bridgehead atoms. The Morgan fingerprint density at radius 3 is 1.82 bits per heavy atom. The maximum Gasteiger partial charge on any atom is 0.252 e. The van der Waals surface area contributed by atoms with Crippen LogP contribution < -0.4 is 0 Å². The third-order valence-corrected chi connectivity index (χ3v) is 4.98. The van der Waals surface area contributed by atoms with Gasteiger partial charge >= 0.3 is 0 Å². The summed E-state index contributed by atoms with van der Waals surface area (Å²) in [5.74, 6) is -0.957. The van der Waals surface area contributed by atoms with Crippen molar-refractivity contribution in [3.05, 3.63) is 0 Å². The van der Waals surface area contributed by atoms with Gasteiger partial charge in [-0.1, -0.05) is 12.8 Å². The lowest BCUT2D eigenvalue weighted by atomic mass is 9.89. The molecule has 0 N–H and O–H groups in total. The lowest BCUT2D eigenvalue weighted by Crippen LogP contribution is -2.38. The van der Waals surface area contributed by atoms with Gasteiger partial charge in [0.25, 0.3) is 11.8 Å². The number of amides is 2. The normalized spacial score (nSPS) is 41.2. The largest absolute Gasteiger partial charge is 0.283 e. The molecule has 17 heavy (non-hydrogen) atoms. The molecule has 0 aromatic heterocycles. The predicted molar refractivity (Wildman–Crippen MR) is 54.8 cm³/mol. The Kier molecular flexibility index (Phi) is 1.52. The van der Waals surface area contributed by atoms with E-state index in [1.165, 1.54) is 7.05 Å². The van der Waals surface area contributed by atoms with Crippen LogP contribution in [0, 0.1) is 38.9 Å². The van der Waals surface area contributed by atoms with E-state index in [0.717, 1.165) is 17.7 Å². The highest BCUT2D eigenvalue weighted by molar-refractivity contribution is 6.19. The van der Waals surface area contributed by atoms with Gasteiger partial charge in [0.15, 0.2) is 10.8 Å². The molecule has 3 fully saturated rings. The van der Waals surface area contributed by atoms with Crippen LogP contribution >= 0.6 is 0 Å². The zero-order valence-electron chi connectivity index (χ0n) is 9.49. The van der Waals surface area contributed by atoms with Crippen LogP contribution in [0.15, 0.2) is 0 Å². The van der Waals surface area contributed by atoms with Crippen LogP contribution in [0.2, 0.25) is 0 Å². The van der Waals surface area contributed by atoms with Crippen LogP contribution in [0.1, 0.15) is 25.7 Å². The molecule has 3 rings (SSSR count). The van der Waals surface area contributed by atoms with Gasteiger partial charge < -0.3 is 0 Å². The number of nitriles is 2. The molecule has 2 atom stereocenters. The smallest absolute Gasteiger partial charge is 0.252 e. The van der Waals surface area contributed by atoms with Gasteiger partial charge in [-0.15, -0.1) is 0 Å². The molecule has 86 valence electrons. The van der Waals surface area contributed by atoms with Crippen molar-refractivity contribution in [2.75, 3.05) is 7.05 Å². The molecule has 1 spiro atoms. The van der Waals surface area contributed by atoms with Crippen LogP contribution in [0.3, 0.4) is 0 Å². The third kappa shape index (κ3) is 0.614. The van der Waals surface area contributed by atoms with Crippen molar-refractivity contribution in [1.29, 1.82) is 10.5 Å². The molecule has 0 aromatic rings. The maximum atomic E-state index is 12.2. The Hall–Kier alpha value is -1.88. The van der Waals surface area contributed by atoms with E-state index in [0.29, 0.717) is 12.8 Å². The summed E-state index contributed by atoms with van der Waals surface area (Å²) in [5.41, 5.74) is -3.47. The van der Waals surface area contributed by atoms with Crippen molar-refractivity contribution in [2.24, 2.45) is 16.2 Å². The number of fused-ring (bicyclic) bond motifs is 3. The van der Waals surface area contributed by atoms with Gasteiger partial charge in [-0.25, -0.2) is 0 Å². The SMILES string of the molecule is CN1C(=O)[C@]2(C#N)C3(CCCC3)[C@@]2(C#N)C1=O. The van der Waals surface area contributed by atoms with Crippen LogP contribution in [-0.4, -0.2) is 23.8 Å². The minimum atomic E-state index is -1.39. The highest BCUT2D eigenvalue weighted by Gasteiger charge is 2.99. The van der Waals surface area contributed by atoms with E-state index >= 15 is 0 Å². The number of carbonyl (C=O) groups is 2. The van der Waals surface area contributed by atoms with Gasteiger partial charge in [0.1, 0.15) is 0 Å². The van der Waals surface area contributed by atoms with E-state index in [2.05, 4.69) is 0 Å². The second-order valence-electron chi connectivity index (χ2n) is 5.18. The minimum Gasteiger partial charge on any atom is -0.283 e. The van der Waals surface area contributed by atoms with E-state index in [-0.39, 0.29) is 0 Å². The Bertz CT molecular complexity index is 493. The molecule has 2 amide bonds. The molecule has 1 heterocycles. The topological polar surface area (TPSA) is 85.0 Å². The average molecular weight is 229 g/mol. The summed E-state index contributed by atoms with van der Waals surface area (Å²) in [4.78, 5) is 25.3. The van der Waals surface area contributed by atoms with Crippen LogP contribution in [0.4, 0.5) is 0 Å². The van der Waals surface area contributed by atoms with Crippen molar-refractivity contribution in [1.82, 2.24) is 4.90 Å². The van der Waals surface area contributed by atoms with E-state index < -0.39 is 28.1 Å². The van der Waals surface area contributed by atoms with Crippen molar-refractivity contribution >= 4 is 11.8 Å². The summed E-state index contributed by atoms with van der Waals surface area (Å²) < 4.78 is 0. The number of carbonyl (C=O) groups excluding carboxylic acids is 2. The van der Waals surface area contributed by atoms with Crippen molar-refractivity contribution in [2.45, 2.75) is 25.7 Å². The molecule has 5 heteroatoms. The second-order valence-corrected chi connectivity index (χ2v) is 5.18. The van der Waals surface area contributed by atoms with Crippen LogP contribution in [0.25, 0.3) is 0 Å².